The van der Waals surface area contributed by atoms with Gasteiger partial charge < -0.3 is 14.8 Å². The maximum Gasteiger partial charge on any atom is 0.573 e. The molecule has 0 amide bonds. The average Bonchev–Trinajstić information content (AvgIpc) is 2.39. The van der Waals surface area contributed by atoms with Crippen molar-refractivity contribution in [2.45, 2.75) is 31.9 Å². The van der Waals surface area contributed by atoms with E-state index in [1.165, 1.54) is 6.07 Å². The molecule has 1 fully saturated rings. The third kappa shape index (κ3) is 4.64. The number of rotatable bonds is 4. The lowest BCUT2D eigenvalue weighted by atomic mass is 10.1. The van der Waals surface area contributed by atoms with Crippen molar-refractivity contribution in [2.24, 2.45) is 0 Å². The van der Waals surface area contributed by atoms with Crippen molar-refractivity contribution in [1.82, 2.24) is 5.32 Å². The summed E-state index contributed by atoms with van der Waals surface area (Å²) in [5.41, 5.74) is 0.482. The Labute approximate surface area is 113 Å². The highest BCUT2D eigenvalue weighted by molar-refractivity contribution is 5.29. The van der Waals surface area contributed by atoms with E-state index in [4.69, 9.17) is 4.74 Å². The lowest BCUT2D eigenvalue weighted by molar-refractivity contribution is -0.275. The summed E-state index contributed by atoms with van der Waals surface area (Å²) in [7, 11) is 0. The number of hydrogen-bond acceptors (Lipinski definition) is 3. The molecule has 0 atom stereocenters. The van der Waals surface area contributed by atoms with Crippen LogP contribution in [0.2, 0.25) is 0 Å². The molecule has 0 bridgehead atoms. The Hall–Kier alpha value is -1.34. The van der Waals surface area contributed by atoms with Crippen LogP contribution in [0.1, 0.15) is 18.4 Å². The summed E-state index contributed by atoms with van der Waals surface area (Å²) in [5, 5.41) is 3.19. The summed E-state index contributed by atoms with van der Waals surface area (Å²) in [5.74, 6) is -1.88. The summed E-state index contributed by atoms with van der Waals surface area (Å²) in [4.78, 5) is 0. The first-order valence-electron chi connectivity index (χ1n) is 6.30. The van der Waals surface area contributed by atoms with Crippen molar-refractivity contribution in [1.29, 1.82) is 0 Å². The standard InChI is InChI=1S/C13H15F4NO2/c14-11-7-9(1-2-12(11)20-13(15,16)17)8-19-10-3-5-18-6-4-10/h1-2,7,10,18H,3-6,8H2. The molecular weight excluding hydrogens is 278 g/mol. The quantitative estimate of drug-likeness (QED) is 0.866. The van der Waals surface area contributed by atoms with Crippen LogP contribution in [0.15, 0.2) is 18.2 Å². The molecule has 1 N–H and O–H groups in total. The molecule has 1 heterocycles. The van der Waals surface area contributed by atoms with Gasteiger partial charge in [-0.25, -0.2) is 4.39 Å². The molecule has 2 rings (SSSR count). The monoisotopic (exact) mass is 293 g/mol. The van der Waals surface area contributed by atoms with Gasteiger partial charge in [-0.15, -0.1) is 13.2 Å². The molecule has 0 saturated carbocycles. The summed E-state index contributed by atoms with van der Waals surface area (Å²) in [6.45, 7) is 1.92. The SMILES string of the molecule is Fc1cc(COC2CCNCC2)ccc1OC(F)(F)F. The van der Waals surface area contributed by atoms with Gasteiger partial charge in [0.05, 0.1) is 12.7 Å². The van der Waals surface area contributed by atoms with Crippen molar-refractivity contribution in [2.75, 3.05) is 13.1 Å². The molecule has 7 heteroatoms. The second kappa shape index (κ2) is 6.41. The molecule has 0 unspecified atom stereocenters. The van der Waals surface area contributed by atoms with E-state index in [0.717, 1.165) is 38.1 Å². The molecule has 1 saturated heterocycles. The van der Waals surface area contributed by atoms with Gasteiger partial charge >= 0.3 is 6.36 Å². The van der Waals surface area contributed by atoms with Crippen LogP contribution >= 0.6 is 0 Å². The van der Waals surface area contributed by atoms with Crippen LogP contribution in [0.4, 0.5) is 17.6 Å². The molecule has 1 aromatic carbocycles. The van der Waals surface area contributed by atoms with Crippen molar-refractivity contribution < 1.29 is 27.0 Å². The van der Waals surface area contributed by atoms with Gasteiger partial charge in [0, 0.05) is 0 Å². The third-order valence-corrected chi connectivity index (χ3v) is 2.99. The minimum atomic E-state index is -4.89. The Morgan fingerprint density at radius 1 is 1.20 bits per heavy atom. The third-order valence-electron chi connectivity index (χ3n) is 2.99. The van der Waals surface area contributed by atoms with Crippen molar-refractivity contribution in [3.8, 4) is 5.75 Å². The molecular formula is C13H15F4NO2. The number of benzene rings is 1. The van der Waals surface area contributed by atoms with Gasteiger partial charge in [-0.1, -0.05) is 6.07 Å². The number of piperidine rings is 1. The highest BCUT2D eigenvalue weighted by Crippen LogP contribution is 2.26. The largest absolute Gasteiger partial charge is 0.573 e. The predicted octanol–water partition coefficient (Wildman–Crippen LogP) is 2.99. The zero-order valence-corrected chi connectivity index (χ0v) is 10.7. The van der Waals surface area contributed by atoms with Crippen molar-refractivity contribution in [3.05, 3.63) is 29.6 Å². The van der Waals surface area contributed by atoms with Gasteiger partial charge in [0.2, 0.25) is 0 Å². The molecule has 0 radical (unpaired) electrons. The van der Waals surface area contributed by atoms with Crippen LogP contribution in [0.3, 0.4) is 0 Å². The highest BCUT2D eigenvalue weighted by Gasteiger charge is 2.32. The minimum Gasteiger partial charge on any atom is -0.403 e. The van der Waals surface area contributed by atoms with Crippen LogP contribution in [0, 0.1) is 5.82 Å². The highest BCUT2D eigenvalue weighted by atomic mass is 19.4. The topological polar surface area (TPSA) is 30.5 Å². The Bertz CT molecular complexity index is 444. The van der Waals surface area contributed by atoms with Crippen LogP contribution in [-0.2, 0) is 11.3 Å². The Morgan fingerprint density at radius 2 is 1.90 bits per heavy atom. The molecule has 20 heavy (non-hydrogen) atoms. The molecule has 1 aromatic rings. The van der Waals surface area contributed by atoms with Crippen LogP contribution in [0.5, 0.6) is 5.75 Å². The average molecular weight is 293 g/mol. The Kier molecular flexibility index (Phi) is 4.82. The summed E-state index contributed by atoms with van der Waals surface area (Å²) in [6.07, 6.45) is -3.05. The smallest absolute Gasteiger partial charge is 0.403 e. The van der Waals surface area contributed by atoms with E-state index in [9.17, 15) is 17.6 Å². The minimum absolute atomic E-state index is 0.102. The maximum absolute atomic E-state index is 13.5. The molecule has 0 aliphatic carbocycles. The predicted molar refractivity (Wildman–Crippen MR) is 63.8 cm³/mol. The molecule has 112 valence electrons. The van der Waals surface area contributed by atoms with E-state index in [2.05, 4.69) is 10.1 Å². The van der Waals surface area contributed by atoms with E-state index in [-0.39, 0.29) is 12.7 Å². The van der Waals surface area contributed by atoms with Crippen LogP contribution < -0.4 is 10.1 Å². The second-order valence-corrected chi connectivity index (χ2v) is 4.57. The second-order valence-electron chi connectivity index (χ2n) is 4.57. The fraction of sp³-hybridized carbons (Fsp3) is 0.538. The van der Waals surface area contributed by atoms with E-state index in [0.29, 0.717) is 5.56 Å². The van der Waals surface area contributed by atoms with E-state index in [1.54, 1.807) is 0 Å². The zero-order valence-electron chi connectivity index (χ0n) is 10.7. The maximum atomic E-state index is 13.5. The fourth-order valence-corrected chi connectivity index (χ4v) is 2.02. The fourth-order valence-electron chi connectivity index (χ4n) is 2.02. The van der Waals surface area contributed by atoms with Gasteiger partial charge in [-0.2, -0.15) is 0 Å². The number of alkyl halides is 3. The van der Waals surface area contributed by atoms with Gasteiger partial charge in [-0.05, 0) is 43.6 Å². The van der Waals surface area contributed by atoms with E-state index in [1.807, 2.05) is 0 Å². The first-order valence-corrected chi connectivity index (χ1v) is 6.30. The lowest BCUT2D eigenvalue weighted by Gasteiger charge is -2.23. The zero-order chi connectivity index (χ0) is 14.6. The van der Waals surface area contributed by atoms with Crippen LogP contribution in [-0.4, -0.2) is 25.6 Å². The van der Waals surface area contributed by atoms with Gasteiger partial charge in [0.15, 0.2) is 11.6 Å². The Morgan fingerprint density at radius 3 is 2.50 bits per heavy atom. The number of hydrogen-bond donors (Lipinski definition) is 1. The van der Waals surface area contributed by atoms with Gasteiger partial charge in [0.1, 0.15) is 0 Å². The Balaban J connectivity index is 1.91. The summed E-state index contributed by atoms with van der Waals surface area (Å²) in [6, 6.07) is 3.33. The first kappa shape index (κ1) is 15.1. The van der Waals surface area contributed by atoms with Crippen LogP contribution in [0.25, 0.3) is 0 Å². The first-order chi connectivity index (χ1) is 9.44. The summed E-state index contributed by atoms with van der Waals surface area (Å²) >= 11 is 0. The molecule has 1 aliphatic heterocycles. The lowest BCUT2D eigenvalue weighted by Crippen LogP contribution is -2.32. The van der Waals surface area contributed by atoms with E-state index < -0.39 is 17.9 Å². The molecule has 0 aromatic heterocycles. The van der Waals surface area contributed by atoms with E-state index >= 15 is 0 Å². The molecule has 3 nitrogen and oxygen atoms in total. The van der Waals surface area contributed by atoms with Crippen molar-refractivity contribution >= 4 is 0 Å². The van der Waals surface area contributed by atoms with Gasteiger partial charge in [0.25, 0.3) is 0 Å². The number of ether oxygens (including phenoxy) is 2. The summed E-state index contributed by atoms with van der Waals surface area (Å²) < 4.78 is 58.6. The molecule has 1 aliphatic rings. The normalized spacial score (nSPS) is 17.2. The molecule has 0 spiro atoms. The van der Waals surface area contributed by atoms with Gasteiger partial charge in [-0.3, -0.25) is 0 Å². The number of nitrogens with one attached hydrogen (secondary N) is 1. The van der Waals surface area contributed by atoms with Crippen molar-refractivity contribution in [3.63, 3.8) is 0 Å². The number of halogens is 4.